The third kappa shape index (κ3) is 2.74. The lowest BCUT2D eigenvalue weighted by Crippen LogP contribution is -2.07. The normalized spacial score (nSPS) is 13.9. The van der Waals surface area contributed by atoms with Gasteiger partial charge < -0.3 is 0 Å². The molecule has 0 aromatic heterocycles. The number of rotatable bonds is 2. The Morgan fingerprint density at radius 3 is 2.15 bits per heavy atom. The molecule has 3 rings (SSSR count). The van der Waals surface area contributed by atoms with Gasteiger partial charge in [-0.1, -0.05) is 35.3 Å². The van der Waals surface area contributed by atoms with E-state index >= 15 is 0 Å². The molecule has 0 heterocycles. The number of halogens is 2. The van der Waals surface area contributed by atoms with E-state index in [9.17, 15) is 4.79 Å². The summed E-state index contributed by atoms with van der Waals surface area (Å²) in [5.74, 6) is -0.0252. The van der Waals surface area contributed by atoms with Crippen molar-refractivity contribution in [3.63, 3.8) is 0 Å². The van der Waals surface area contributed by atoms with Gasteiger partial charge in [-0.05, 0) is 61.1 Å². The zero-order chi connectivity index (χ0) is 14.1. The molecule has 20 heavy (non-hydrogen) atoms. The van der Waals surface area contributed by atoms with Crippen molar-refractivity contribution in [1.82, 2.24) is 0 Å². The van der Waals surface area contributed by atoms with Crippen LogP contribution in [0, 0.1) is 0 Å². The fourth-order valence-corrected chi connectivity index (χ4v) is 3.25. The highest BCUT2D eigenvalue weighted by atomic mass is 35.5. The number of hydrogen-bond acceptors (Lipinski definition) is 1. The molecule has 0 amide bonds. The summed E-state index contributed by atoms with van der Waals surface area (Å²) in [6, 6.07) is 11.0. The molecule has 0 saturated heterocycles. The molecule has 1 aliphatic rings. The number of aryl methyl sites for hydroxylation is 2. The van der Waals surface area contributed by atoms with Crippen LogP contribution in [-0.4, -0.2) is 5.78 Å². The van der Waals surface area contributed by atoms with Crippen molar-refractivity contribution in [3.8, 4) is 0 Å². The van der Waals surface area contributed by atoms with Gasteiger partial charge in [0, 0.05) is 21.2 Å². The Bertz CT molecular complexity index is 656. The summed E-state index contributed by atoms with van der Waals surface area (Å²) in [6.45, 7) is 0. The van der Waals surface area contributed by atoms with Crippen LogP contribution in [0.4, 0.5) is 0 Å². The van der Waals surface area contributed by atoms with Gasteiger partial charge in [-0.25, -0.2) is 0 Å². The fourth-order valence-electron chi connectivity index (χ4n) is 2.73. The van der Waals surface area contributed by atoms with Crippen molar-refractivity contribution >= 4 is 29.0 Å². The van der Waals surface area contributed by atoms with Gasteiger partial charge >= 0.3 is 0 Å². The lowest BCUT2D eigenvalue weighted by molar-refractivity contribution is 0.103. The number of carbonyl (C=O) groups is 1. The summed E-state index contributed by atoms with van der Waals surface area (Å²) in [7, 11) is 0. The van der Waals surface area contributed by atoms with Crippen LogP contribution in [0.5, 0.6) is 0 Å². The SMILES string of the molecule is O=C(c1cc(Cl)cc(Cl)c1)c1ccc2c(c1)CCCC2. The summed E-state index contributed by atoms with van der Waals surface area (Å²) < 4.78 is 0. The Morgan fingerprint density at radius 1 is 0.800 bits per heavy atom. The molecule has 0 bridgehead atoms. The first kappa shape index (κ1) is 13.7. The van der Waals surface area contributed by atoms with E-state index in [1.165, 1.54) is 24.0 Å². The van der Waals surface area contributed by atoms with E-state index in [2.05, 4.69) is 6.07 Å². The molecule has 0 N–H and O–H groups in total. The van der Waals surface area contributed by atoms with Crippen LogP contribution in [0.2, 0.25) is 10.0 Å². The molecule has 102 valence electrons. The van der Waals surface area contributed by atoms with Crippen molar-refractivity contribution in [2.24, 2.45) is 0 Å². The zero-order valence-corrected chi connectivity index (χ0v) is 12.5. The van der Waals surface area contributed by atoms with Crippen LogP contribution in [-0.2, 0) is 12.8 Å². The topological polar surface area (TPSA) is 17.1 Å². The second-order valence-electron chi connectivity index (χ2n) is 5.18. The first-order valence-electron chi connectivity index (χ1n) is 6.76. The van der Waals surface area contributed by atoms with E-state index in [4.69, 9.17) is 23.2 Å². The molecule has 0 radical (unpaired) electrons. The quantitative estimate of drug-likeness (QED) is 0.705. The van der Waals surface area contributed by atoms with Crippen molar-refractivity contribution in [3.05, 3.63) is 68.7 Å². The molecule has 0 unspecified atom stereocenters. The summed E-state index contributed by atoms with van der Waals surface area (Å²) in [5, 5.41) is 0.970. The minimum atomic E-state index is -0.0252. The standard InChI is InChI=1S/C17H14Cl2O/c18-15-8-14(9-16(19)10-15)17(20)13-6-5-11-3-1-2-4-12(11)7-13/h5-10H,1-4H2. The van der Waals surface area contributed by atoms with Gasteiger partial charge in [0.1, 0.15) is 0 Å². The van der Waals surface area contributed by atoms with E-state index in [1.807, 2.05) is 12.1 Å². The average molecular weight is 305 g/mol. The largest absolute Gasteiger partial charge is 0.289 e. The minimum absolute atomic E-state index is 0.0252. The number of benzene rings is 2. The van der Waals surface area contributed by atoms with E-state index in [0.717, 1.165) is 12.8 Å². The van der Waals surface area contributed by atoms with E-state index in [-0.39, 0.29) is 5.78 Å². The maximum absolute atomic E-state index is 12.5. The monoisotopic (exact) mass is 304 g/mol. The van der Waals surface area contributed by atoms with E-state index < -0.39 is 0 Å². The van der Waals surface area contributed by atoms with Crippen LogP contribution < -0.4 is 0 Å². The Balaban J connectivity index is 1.97. The Labute approximate surface area is 128 Å². The van der Waals surface area contributed by atoms with Crippen molar-refractivity contribution in [2.75, 3.05) is 0 Å². The predicted molar refractivity (Wildman–Crippen MR) is 83.0 cm³/mol. The van der Waals surface area contributed by atoms with Gasteiger partial charge in [0.25, 0.3) is 0 Å². The van der Waals surface area contributed by atoms with Gasteiger partial charge in [0.05, 0.1) is 0 Å². The predicted octanol–water partition coefficient (Wildman–Crippen LogP) is 5.10. The van der Waals surface area contributed by atoms with Gasteiger partial charge in [0.15, 0.2) is 5.78 Å². The minimum Gasteiger partial charge on any atom is -0.289 e. The molecule has 0 spiro atoms. The highest BCUT2D eigenvalue weighted by molar-refractivity contribution is 6.35. The Kier molecular flexibility index (Phi) is 3.82. The van der Waals surface area contributed by atoms with Gasteiger partial charge in [-0.15, -0.1) is 0 Å². The van der Waals surface area contributed by atoms with Gasteiger partial charge in [-0.2, -0.15) is 0 Å². The lowest BCUT2D eigenvalue weighted by Gasteiger charge is -2.16. The third-order valence-corrected chi connectivity index (χ3v) is 4.17. The molecule has 1 aliphatic carbocycles. The molecular weight excluding hydrogens is 291 g/mol. The maximum Gasteiger partial charge on any atom is 0.193 e. The Morgan fingerprint density at radius 2 is 1.45 bits per heavy atom. The van der Waals surface area contributed by atoms with Crippen LogP contribution >= 0.6 is 23.2 Å². The third-order valence-electron chi connectivity index (χ3n) is 3.74. The van der Waals surface area contributed by atoms with Crippen LogP contribution in [0.15, 0.2) is 36.4 Å². The molecule has 0 aliphatic heterocycles. The molecular formula is C17H14Cl2O. The van der Waals surface area contributed by atoms with Gasteiger partial charge in [0.2, 0.25) is 0 Å². The van der Waals surface area contributed by atoms with E-state index in [1.54, 1.807) is 18.2 Å². The van der Waals surface area contributed by atoms with E-state index in [0.29, 0.717) is 21.2 Å². The first-order chi connectivity index (χ1) is 9.63. The summed E-state index contributed by atoms with van der Waals surface area (Å²) in [4.78, 5) is 12.5. The molecule has 0 fully saturated rings. The molecule has 0 atom stereocenters. The van der Waals surface area contributed by atoms with Crippen LogP contribution in [0.25, 0.3) is 0 Å². The summed E-state index contributed by atoms with van der Waals surface area (Å²) in [6.07, 6.45) is 4.62. The highest BCUT2D eigenvalue weighted by Crippen LogP contribution is 2.25. The molecule has 2 aromatic rings. The van der Waals surface area contributed by atoms with Gasteiger partial charge in [-0.3, -0.25) is 4.79 Å². The van der Waals surface area contributed by atoms with Crippen molar-refractivity contribution in [1.29, 1.82) is 0 Å². The highest BCUT2D eigenvalue weighted by Gasteiger charge is 2.15. The summed E-state index contributed by atoms with van der Waals surface area (Å²) in [5.41, 5.74) is 3.93. The molecule has 2 aromatic carbocycles. The number of carbonyl (C=O) groups excluding carboxylic acids is 1. The average Bonchev–Trinajstić information content (AvgIpc) is 2.45. The lowest BCUT2D eigenvalue weighted by atomic mass is 9.89. The zero-order valence-electron chi connectivity index (χ0n) is 11.0. The second kappa shape index (κ2) is 5.59. The maximum atomic E-state index is 12.5. The number of ketones is 1. The van der Waals surface area contributed by atoms with Crippen LogP contribution in [0.3, 0.4) is 0 Å². The summed E-state index contributed by atoms with van der Waals surface area (Å²) >= 11 is 11.9. The Hall–Kier alpha value is -1.31. The van der Waals surface area contributed by atoms with Crippen molar-refractivity contribution in [2.45, 2.75) is 25.7 Å². The second-order valence-corrected chi connectivity index (χ2v) is 6.05. The fraction of sp³-hybridized carbons (Fsp3) is 0.235. The molecule has 3 heteroatoms. The molecule has 1 nitrogen and oxygen atoms in total. The smallest absolute Gasteiger partial charge is 0.193 e. The first-order valence-corrected chi connectivity index (χ1v) is 7.52. The van der Waals surface area contributed by atoms with Crippen LogP contribution in [0.1, 0.15) is 39.9 Å². The number of fused-ring (bicyclic) bond motifs is 1. The molecule has 0 saturated carbocycles. The van der Waals surface area contributed by atoms with Crippen molar-refractivity contribution < 1.29 is 4.79 Å². The number of hydrogen-bond donors (Lipinski definition) is 0.